The molecule has 130 valence electrons. The second-order valence-corrected chi connectivity index (χ2v) is 6.60. The molecule has 0 aliphatic heterocycles. The van der Waals surface area contributed by atoms with Gasteiger partial charge in [-0.05, 0) is 57.7 Å². The first-order valence-corrected chi connectivity index (χ1v) is 8.61. The minimum absolute atomic E-state index is 0.0512. The first-order valence-electron chi connectivity index (χ1n) is 7.44. The molecule has 2 N–H and O–H groups in total. The van der Waals surface area contributed by atoms with Crippen LogP contribution in [-0.2, 0) is 19.4 Å². The van der Waals surface area contributed by atoms with Gasteiger partial charge in [0.15, 0.2) is 5.75 Å². The van der Waals surface area contributed by atoms with Gasteiger partial charge >= 0.3 is 6.01 Å². The number of benzene rings is 2. The molecule has 0 fully saturated rings. The number of ether oxygens (including phenoxy) is 1. The van der Waals surface area contributed by atoms with Crippen molar-refractivity contribution in [3.63, 3.8) is 0 Å². The fraction of sp³-hybridized carbons (Fsp3) is 0.176. The van der Waals surface area contributed by atoms with Gasteiger partial charge in [0.25, 0.3) is 0 Å². The zero-order valence-electron chi connectivity index (χ0n) is 13.0. The van der Waals surface area contributed by atoms with Crippen LogP contribution in [0.15, 0.2) is 45.3 Å². The number of aryl methyl sites for hydroxylation is 2. The lowest BCUT2D eigenvalue weighted by Crippen LogP contribution is -1.99. The predicted molar refractivity (Wildman–Crippen MR) is 96.0 cm³/mol. The molecule has 1 heterocycles. The fourth-order valence-electron chi connectivity index (χ4n) is 2.30. The maximum absolute atomic E-state index is 13.2. The Kier molecular flexibility index (Phi) is 5.55. The zero-order chi connectivity index (χ0) is 17.8. The Bertz CT molecular complexity index is 865. The smallest absolute Gasteiger partial charge is 0.312 e. The van der Waals surface area contributed by atoms with Crippen LogP contribution in [0.3, 0.4) is 0 Å². The average molecular weight is 427 g/mol. The molecule has 0 atom stereocenters. The summed E-state index contributed by atoms with van der Waals surface area (Å²) in [5, 5.41) is 7.90. The molecule has 0 spiro atoms. The second-order valence-electron chi connectivity index (χ2n) is 5.34. The number of nitrogens with two attached hydrogens (primary N) is 1. The number of nitrogens with zero attached hydrogens (tertiary/aromatic N) is 2. The van der Waals surface area contributed by atoms with Crippen molar-refractivity contribution in [2.45, 2.75) is 19.4 Å². The number of nitrogen functional groups attached to an aromatic ring is 1. The van der Waals surface area contributed by atoms with Crippen LogP contribution in [0, 0.1) is 5.82 Å². The summed E-state index contributed by atoms with van der Waals surface area (Å²) in [5.41, 5.74) is 7.10. The molecular formula is C17H14BrClFN3O2. The van der Waals surface area contributed by atoms with Crippen LogP contribution in [0.2, 0.25) is 5.02 Å². The van der Waals surface area contributed by atoms with Gasteiger partial charge in [0.1, 0.15) is 12.4 Å². The standard InChI is InChI=1S/C17H14BrClFN3O2/c18-13-7-10(4-5-15-22-23-17(21)25-15)8-14(19)16(13)24-9-11-2-1-3-12(20)6-11/h1-3,6-8H,4-5,9H2,(H2,21,23). The summed E-state index contributed by atoms with van der Waals surface area (Å²) in [6.07, 6.45) is 1.21. The predicted octanol–water partition coefficient (Wildman–Crippen LogP) is 4.57. The van der Waals surface area contributed by atoms with Gasteiger partial charge in [-0.1, -0.05) is 28.8 Å². The second kappa shape index (κ2) is 7.84. The van der Waals surface area contributed by atoms with Crippen LogP contribution < -0.4 is 10.5 Å². The van der Waals surface area contributed by atoms with Crippen molar-refractivity contribution in [1.82, 2.24) is 10.2 Å². The number of halogens is 3. The molecule has 0 amide bonds. The van der Waals surface area contributed by atoms with Crippen LogP contribution in [0.4, 0.5) is 10.4 Å². The van der Waals surface area contributed by atoms with E-state index in [0.29, 0.717) is 29.5 Å². The highest BCUT2D eigenvalue weighted by molar-refractivity contribution is 9.10. The van der Waals surface area contributed by atoms with Gasteiger partial charge < -0.3 is 14.9 Å². The third-order valence-electron chi connectivity index (χ3n) is 3.44. The van der Waals surface area contributed by atoms with E-state index in [4.69, 9.17) is 26.5 Å². The molecule has 0 aliphatic carbocycles. The van der Waals surface area contributed by atoms with E-state index in [-0.39, 0.29) is 18.4 Å². The molecule has 0 unspecified atom stereocenters. The Labute approximate surface area is 157 Å². The molecule has 0 saturated heterocycles. The Hall–Kier alpha value is -2.12. The van der Waals surface area contributed by atoms with Crippen molar-refractivity contribution in [2.24, 2.45) is 0 Å². The largest absolute Gasteiger partial charge is 0.486 e. The Morgan fingerprint density at radius 1 is 1.16 bits per heavy atom. The van der Waals surface area contributed by atoms with Crippen molar-refractivity contribution in [3.8, 4) is 5.75 Å². The van der Waals surface area contributed by atoms with Gasteiger partial charge in [0, 0.05) is 6.42 Å². The fourth-order valence-corrected chi connectivity index (χ4v) is 3.33. The SMILES string of the molecule is Nc1nnc(CCc2cc(Cl)c(OCc3cccc(F)c3)c(Br)c2)o1. The lowest BCUT2D eigenvalue weighted by molar-refractivity contribution is 0.303. The van der Waals surface area contributed by atoms with Crippen LogP contribution >= 0.6 is 27.5 Å². The Balaban J connectivity index is 1.67. The summed E-state index contributed by atoms with van der Waals surface area (Å²) in [5.74, 6) is 0.677. The van der Waals surface area contributed by atoms with Crippen molar-refractivity contribution < 1.29 is 13.5 Å². The molecule has 25 heavy (non-hydrogen) atoms. The van der Waals surface area contributed by atoms with Crippen molar-refractivity contribution >= 4 is 33.5 Å². The van der Waals surface area contributed by atoms with E-state index in [1.54, 1.807) is 12.1 Å². The summed E-state index contributed by atoms with van der Waals surface area (Å²) >= 11 is 9.78. The third kappa shape index (κ3) is 4.70. The molecule has 2 aromatic carbocycles. The topological polar surface area (TPSA) is 74.2 Å². The molecule has 1 aromatic heterocycles. The molecule has 0 radical (unpaired) electrons. The maximum atomic E-state index is 13.2. The van der Waals surface area contributed by atoms with Gasteiger partial charge in [0.05, 0.1) is 9.50 Å². The van der Waals surface area contributed by atoms with E-state index >= 15 is 0 Å². The highest BCUT2D eigenvalue weighted by atomic mass is 79.9. The molecular weight excluding hydrogens is 413 g/mol. The van der Waals surface area contributed by atoms with E-state index in [1.807, 2.05) is 12.1 Å². The molecule has 8 heteroatoms. The van der Waals surface area contributed by atoms with E-state index in [0.717, 1.165) is 15.6 Å². The zero-order valence-corrected chi connectivity index (χ0v) is 15.3. The quantitative estimate of drug-likeness (QED) is 0.625. The lowest BCUT2D eigenvalue weighted by atomic mass is 10.1. The average Bonchev–Trinajstić information content (AvgIpc) is 2.98. The summed E-state index contributed by atoms with van der Waals surface area (Å²) in [7, 11) is 0. The summed E-state index contributed by atoms with van der Waals surface area (Å²) in [6, 6.07) is 10.0. The highest BCUT2D eigenvalue weighted by Crippen LogP contribution is 2.35. The van der Waals surface area contributed by atoms with Crippen molar-refractivity contribution in [3.05, 3.63) is 68.7 Å². The van der Waals surface area contributed by atoms with E-state index in [9.17, 15) is 4.39 Å². The first kappa shape index (κ1) is 17.7. The molecule has 3 rings (SSSR count). The summed E-state index contributed by atoms with van der Waals surface area (Å²) < 4.78 is 24.8. The monoisotopic (exact) mass is 425 g/mol. The lowest BCUT2D eigenvalue weighted by Gasteiger charge is -2.12. The van der Waals surface area contributed by atoms with Crippen LogP contribution in [0.25, 0.3) is 0 Å². The van der Waals surface area contributed by atoms with E-state index in [2.05, 4.69) is 26.1 Å². The van der Waals surface area contributed by atoms with Crippen LogP contribution in [0.5, 0.6) is 5.75 Å². The summed E-state index contributed by atoms with van der Waals surface area (Å²) in [6.45, 7) is 0.219. The molecule has 0 saturated carbocycles. The van der Waals surface area contributed by atoms with Crippen LogP contribution in [-0.4, -0.2) is 10.2 Å². The van der Waals surface area contributed by atoms with Crippen molar-refractivity contribution in [1.29, 1.82) is 0 Å². The highest BCUT2D eigenvalue weighted by Gasteiger charge is 2.11. The Morgan fingerprint density at radius 2 is 2.00 bits per heavy atom. The van der Waals surface area contributed by atoms with Crippen LogP contribution in [0.1, 0.15) is 17.0 Å². The molecule has 5 nitrogen and oxygen atoms in total. The number of anilines is 1. The number of hydrogen-bond acceptors (Lipinski definition) is 5. The summed E-state index contributed by atoms with van der Waals surface area (Å²) in [4.78, 5) is 0. The van der Waals surface area contributed by atoms with Gasteiger partial charge in [-0.25, -0.2) is 4.39 Å². The number of hydrogen-bond donors (Lipinski definition) is 1. The van der Waals surface area contributed by atoms with E-state index < -0.39 is 0 Å². The maximum Gasteiger partial charge on any atom is 0.312 e. The molecule has 0 aliphatic rings. The number of rotatable bonds is 6. The minimum Gasteiger partial charge on any atom is -0.486 e. The van der Waals surface area contributed by atoms with Crippen molar-refractivity contribution in [2.75, 3.05) is 5.73 Å². The third-order valence-corrected chi connectivity index (χ3v) is 4.31. The van der Waals surface area contributed by atoms with E-state index in [1.165, 1.54) is 12.1 Å². The Morgan fingerprint density at radius 3 is 2.68 bits per heavy atom. The van der Waals surface area contributed by atoms with Gasteiger partial charge in [-0.2, -0.15) is 0 Å². The number of aromatic nitrogens is 2. The van der Waals surface area contributed by atoms with Gasteiger partial charge in [0.2, 0.25) is 5.89 Å². The normalized spacial score (nSPS) is 10.8. The first-order chi connectivity index (χ1) is 12.0. The minimum atomic E-state index is -0.303. The van der Waals surface area contributed by atoms with Gasteiger partial charge in [-0.3, -0.25) is 0 Å². The van der Waals surface area contributed by atoms with Gasteiger partial charge in [-0.15, -0.1) is 5.10 Å². The molecule has 0 bridgehead atoms. The molecule has 3 aromatic rings.